The molecule has 1 aromatic carbocycles. The van der Waals surface area contributed by atoms with Gasteiger partial charge < -0.3 is 19.5 Å². The van der Waals surface area contributed by atoms with Crippen molar-refractivity contribution in [2.75, 3.05) is 12.0 Å². The summed E-state index contributed by atoms with van der Waals surface area (Å²) >= 11 is 0. The molecule has 1 N–H and O–H groups in total. The SMILES string of the molecule is COC1CCC(N(C(=O)C2CCC(C)CC2)c2cc(F)c(Oc3ncc(Cn4nnc(C)c4C)cc3C(F)(F)F)cc2C(=O)O)CC1. The molecule has 2 fully saturated rings. The number of nitrogens with zero attached hydrogens (tertiary/aromatic N) is 5. The van der Waals surface area contributed by atoms with Gasteiger partial charge in [-0.1, -0.05) is 12.1 Å². The number of hydrogen-bond acceptors (Lipinski definition) is 7. The van der Waals surface area contributed by atoms with Gasteiger partial charge in [-0.25, -0.2) is 18.9 Å². The van der Waals surface area contributed by atoms with E-state index in [9.17, 15) is 27.9 Å². The van der Waals surface area contributed by atoms with Crippen LogP contribution in [0.5, 0.6) is 11.6 Å². The molecule has 2 aliphatic carbocycles. The number of halogens is 4. The Morgan fingerprint density at radius 2 is 1.72 bits per heavy atom. The fraction of sp³-hybridized carbons (Fsp3) is 0.545. The van der Waals surface area contributed by atoms with Crippen LogP contribution >= 0.6 is 0 Å². The zero-order valence-electron chi connectivity index (χ0n) is 26.8. The number of amides is 1. The number of aromatic nitrogens is 4. The Hall–Kier alpha value is -4.07. The fourth-order valence-electron chi connectivity index (χ4n) is 6.47. The predicted molar refractivity (Wildman–Crippen MR) is 163 cm³/mol. The second-order valence-corrected chi connectivity index (χ2v) is 12.7. The zero-order chi connectivity index (χ0) is 34.0. The number of ether oxygens (including phenoxy) is 2. The largest absolute Gasteiger partial charge is 0.478 e. The summed E-state index contributed by atoms with van der Waals surface area (Å²) in [7, 11) is 1.61. The summed E-state index contributed by atoms with van der Waals surface area (Å²) in [6, 6.07) is 2.13. The minimum absolute atomic E-state index is 0.00347. The van der Waals surface area contributed by atoms with Crippen LogP contribution in [0.2, 0.25) is 0 Å². The molecule has 3 aromatic rings. The molecule has 2 saturated carbocycles. The molecule has 14 heteroatoms. The molecule has 0 bridgehead atoms. The smallest absolute Gasteiger partial charge is 0.421 e. The quantitative estimate of drug-likeness (QED) is 0.241. The lowest BCUT2D eigenvalue weighted by atomic mass is 9.81. The molecule has 2 heterocycles. The number of benzene rings is 1. The summed E-state index contributed by atoms with van der Waals surface area (Å²) in [5.74, 6) is -4.48. The standard InChI is InChI=1S/C33H39F4N5O5/c1-18-5-7-22(8-6-18)31(43)42(23-9-11-24(46-4)12-10-23)28-15-27(34)29(14-25(28)32(44)45)47-30-26(33(35,36)37)13-21(16-38-30)17-41-20(3)19(2)39-40-41/h13-16,18,22-24H,5-12,17H2,1-4H3,(H,44,45). The van der Waals surface area contributed by atoms with E-state index in [1.165, 1.54) is 9.58 Å². The van der Waals surface area contributed by atoms with Crippen molar-refractivity contribution in [2.45, 2.75) is 97.0 Å². The third-order valence-corrected chi connectivity index (χ3v) is 9.45. The molecule has 1 amide bonds. The molecular weight excluding hydrogens is 622 g/mol. The van der Waals surface area contributed by atoms with Gasteiger partial charge in [-0.05, 0) is 82.8 Å². The molecule has 0 radical (unpaired) electrons. The summed E-state index contributed by atoms with van der Waals surface area (Å²) in [6.07, 6.45) is 1.48. The number of carbonyl (C=O) groups excluding carboxylic acids is 1. The van der Waals surface area contributed by atoms with Crippen LogP contribution in [0.15, 0.2) is 24.4 Å². The highest BCUT2D eigenvalue weighted by molar-refractivity contribution is 6.03. The van der Waals surface area contributed by atoms with Crippen molar-refractivity contribution in [3.8, 4) is 11.6 Å². The third kappa shape index (κ3) is 7.58. The van der Waals surface area contributed by atoms with E-state index >= 15 is 4.39 Å². The molecule has 254 valence electrons. The van der Waals surface area contributed by atoms with Crippen molar-refractivity contribution in [1.29, 1.82) is 0 Å². The van der Waals surface area contributed by atoms with Gasteiger partial charge in [0.1, 0.15) is 5.56 Å². The van der Waals surface area contributed by atoms with Crippen LogP contribution in [0, 0.1) is 31.5 Å². The van der Waals surface area contributed by atoms with Crippen LogP contribution in [0.25, 0.3) is 0 Å². The van der Waals surface area contributed by atoms with Crippen LogP contribution in [0.4, 0.5) is 23.2 Å². The Kier molecular flexibility index (Phi) is 10.2. The van der Waals surface area contributed by atoms with Gasteiger partial charge in [0.2, 0.25) is 11.8 Å². The first-order valence-electron chi connectivity index (χ1n) is 15.8. The van der Waals surface area contributed by atoms with Crippen LogP contribution in [0.1, 0.15) is 91.2 Å². The first-order chi connectivity index (χ1) is 22.3. The number of carboxylic acid groups (broad SMARTS) is 1. The first-order valence-corrected chi connectivity index (χ1v) is 15.8. The van der Waals surface area contributed by atoms with Crippen molar-refractivity contribution in [3.05, 3.63) is 58.3 Å². The number of carbonyl (C=O) groups is 2. The number of hydrogen-bond donors (Lipinski definition) is 1. The number of alkyl halides is 3. The second-order valence-electron chi connectivity index (χ2n) is 12.7. The minimum Gasteiger partial charge on any atom is -0.478 e. The van der Waals surface area contributed by atoms with Crippen molar-refractivity contribution in [2.24, 2.45) is 11.8 Å². The van der Waals surface area contributed by atoms with Crippen molar-refractivity contribution in [3.63, 3.8) is 0 Å². The molecule has 5 rings (SSSR count). The molecule has 0 aliphatic heterocycles. The molecule has 0 atom stereocenters. The van der Waals surface area contributed by atoms with Crippen molar-refractivity contribution in [1.82, 2.24) is 20.0 Å². The van der Waals surface area contributed by atoms with E-state index in [2.05, 4.69) is 22.2 Å². The average molecular weight is 662 g/mol. The highest BCUT2D eigenvalue weighted by Gasteiger charge is 2.39. The highest BCUT2D eigenvalue weighted by atomic mass is 19.4. The van der Waals surface area contributed by atoms with Gasteiger partial charge in [0.05, 0.1) is 35.3 Å². The molecule has 0 unspecified atom stereocenters. The molecule has 2 aromatic heterocycles. The molecular formula is C33H39F4N5O5. The zero-order valence-corrected chi connectivity index (χ0v) is 26.8. The van der Waals surface area contributed by atoms with E-state index in [0.29, 0.717) is 55.8 Å². The van der Waals surface area contributed by atoms with E-state index in [1.54, 1.807) is 21.0 Å². The fourth-order valence-corrected chi connectivity index (χ4v) is 6.47. The lowest BCUT2D eigenvalue weighted by Gasteiger charge is -2.40. The third-order valence-electron chi connectivity index (χ3n) is 9.45. The molecule has 2 aliphatic rings. The number of pyridine rings is 1. The lowest BCUT2D eigenvalue weighted by molar-refractivity contribution is -0.139. The van der Waals surface area contributed by atoms with Gasteiger partial charge in [-0.2, -0.15) is 13.2 Å². The van der Waals surface area contributed by atoms with Gasteiger partial charge in [0, 0.05) is 37.4 Å². The number of aromatic carboxylic acids is 1. The highest BCUT2D eigenvalue weighted by Crippen LogP contribution is 2.41. The maximum absolute atomic E-state index is 15.8. The first kappa shape index (κ1) is 34.3. The molecule has 47 heavy (non-hydrogen) atoms. The summed E-state index contributed by atoms with van der Waals surface area (Å²) in [6.45, 7) is 5.52. The van der Waals surface area contributed by atoms with E-state index in [-0.39, 0.29) is 35.7 Å². The molecule has 10 nitrogen and oxygen atoms in total. The van der Waals surface area contributed by atoms with Gasteiger partial charge in [0.25, 0.3) is 0 Å². The van der Waals surface area contributed by atoms with Crippen molar-refractivity contribution < 1.29 is 41.7 Å². The topological polar surface area (TPSA) is 120 Å². The Balaban J connectivity index is 1.51. The van der Waals surface area contributed by atoms with Crippen LogP contribution in [-0.4, -0.2) is 56.2 Å². The van der Waals surface area contributed by atoms with Gasteiger partial charge in [0.15, 0.2) is 11.6 Å². The van der Waals surface area contributed by atoms with Crippen molar-refractivity contribution >= 4 is 17.6 Å². The van der Waals surface area contributed by atoms with Gasteiger partial charge >= 0.3 is 12.1 Å². The number of aryl methyl sites for hydroxylation is 1. The van der Waals surface area contributed by atoms with Crippen LogP contribution < -0.4 is 9.64 Å². The second kappa shape index (κ2) is 14.0. The number of carboxylic acids is 1. The summed E-state index contributed by atoms with van der Waals surface area (Å²) in [4.78, 5) is 31.9. The van der Waals surface area contributed by atoms with Crippen LogP contribution in [-0.2, 0) is 22.3 Å². The van der Waals surface area contributed by atoms with Gasteiger partial charge in [-0.3, -0.25) is 4.79 Å². The Bertz CT molecular complexity index is 1610. The minimum atomic E-state index is -4.93. The Labute approximate surface area is 270 Å². The summed E-state index contributed by atoms with van der Waals surface area (Å²) in [5.41, 5.74) is -0.449. The monoisotopic (exact) mass is 661 g/mol. The maximum atomic E-state index is 15.8. The molecule has 0 saturated heterocycles. The van der Waals surface area contributed by atoms with E-state index in [4.69, 9.17) is 9.47 Å². The predicted octanol–water partition coefficient (Wildman–Crippen LogP) is 7.10. The number of methoxy groups -OCH3 is 1. The average Bonchev–Trinajstić information content (AvgIpc) is 3.35. The lowest BCUT2D eigenvalue weighted by Crippen LogP contribution is -2.47. The molecule has 0 spiro atoms. The normalized spacial score (nSPS) is 21.8. The van der Waals surface area contributed by atoms with E-state index < -0.39 is 46.8 Å². The number of rotatable bonds is 9. The Morgan fingerprint density at radius 1 is 1.04 bits per heavy atom. The van der Waals surface area contributed by atoms with Gasteiger partial charge in [-0.15, -0.1) is 5.10 Å². The number of anilines is 1. The van der Waals surface area contributed by atoms with Crippen LogP contribution in [0.3, 0.4) is 0 Å². The Morgan fingerprint density at radius 3 is 2.30 bits per heavy atom. The summed E-state index contributed by atoms with van der Waals surface area (Å²) < 4.78 is 70.6. The van der Waals surface area contributed by atoms with E-state index in [0.717, 1.165) is 37.2 Å². The summed E-state index contributed by atoms with van der Waals surface area (Å²) in [5, 5.41) is 18.1. The maximum Gasteiger partial charge on any atom is 0.421 e. The van der Waals surface area contributed by atoms with E-state index in [1.807, 2.05) is 0 Å².